The van der Waals surface area contributed by atoms with Gasteiger partial charge < -0.3 is 4.42 Å². The van der Waals surface area contributed by atoms with Crippen LogP contribution in [0.5, 0.6) is 0 Å². The third kappa shape index (κ3) is 5.39. The summed E-state index contributed by atoms with van der Waals surface area (Å²) in [6.45, 7) is 1.84. The summed E-state index contributed by atoms with van der Waals surface area (Å²) >= 11 is 0. The number of aromatic nitrogens is 2. The highest BCUT2D eigenvalue weighted by Crippen LogP contribution is 2.15. The third-order valence-electron chi connectivity index (χ3n) is 3.05. The number of sulfonamides is 1. The summed E-state index contributed by atoms with van der Waals surface area (Å²) < 4.78 is 55.0. The number of benzene rings is 1. The first-order valence-corrected chi connectivity index (χ1v) is 10.7. The molecule has 0 spiro atoms. The molecule has 0 radical (unpaired) electrons. The van der Waals surface area contributed by atoms with Crippen LogP contribution in [0.1, 0.15) is 24.8 Å². The molecule has 1 aromatic heterocycles. The molecule has 24 heavy (non-hydrogen) atoms. The van der Waals surface area contributed by atoms with Crippen molar-refractivity contribution < 1.29 is 21.3 Å². The average molecular weight is 373 g/mol. The van der Waals surface area contributed by atoms with Crippen LogP contribution < -0.4 is 4.72 Å². The lowest BCUT2D eigenvalue weighted by molar-refractivity contribution is 0.395. The Morgan fingerprint density at radius 2 is 1.79 bits per heavy atom. The van der Waals surface area contributed by atoms with Crippen LogP contribution in [0.3, 0.4) is 0 Å². The lowest BCUT2D eigenvalue weighted by Crippen LogP contribution is -2.28. The second kappa shape index (κ2) is 7.86. The minimum atomic E-state index is -3.73. The van der Waals surface area contributed by atoms with Crippen LogP contribution in [0.4, 0.5) is 0 Å². The first-order chi connectivity index (χ1) is 11.3. The highest BCUT2D eigenvalue weighted by Gasteiger charge is 2.23. The highest BCUT2D eigenvalue weighted by molar-refractivity contribution is 7.90. The van der Waals surface area contributed by atoms with E-state index in [1.54, 1.807) is 37.3 Å². The summed E-state index contributed by atoms with van der Waals surface area (Å²) in [5.74, 6) is -0.132. The summed E-state index contributed by atoms with van der Waals surface area (Å²) in [6, 6.07) is 8.66. The third-order valence-corrected chi connectivity index (χ3v) is 6.05. The number of sulfone groups is 1. The van der Waals surface area contributed by atoms with E-state index in [1.807, 2.05) is 0 Å². The van der Waals surface area contributed by atoms with E-state index in [0.717, 1.165) is 0 Å². The minimum absolute atomic E-state index is 0.0353. The molecule has 1 heterocycles. The van der Waals surface area contributed by atoms with Gasteiger partial charge >= 0.3 is 5.22 Å². The van der Waals surface area contributed by atoms with Crippen molar-refractivity contribution in [3.05, 3.63) is 41.8 Å². The van der Waals surface area contributed by atoms with Gasteiger partial charge in [0.1, 0.15) is 0 Å². The van der Waals surface area contributed by atoms with Crippen molar-refractivity contribution in [2.75, 3.05) is 12.3 Å². The Labute approximate surface area is 141 Å². The molecule has 0 aliphatic rings. The molecule has 0 unspecified atom stereocenters. The van der Waals surface area contributed by atoms with Gasteiger partial charge in [0.2, 0.25) is 25.8 Å². The Bertz CT molecular complexity index is 861. The largest absolute Gasteiger partial charge is 0.412 e. The fraction of sp³-hybridized carbons (Fsp3) is 0.429. The molecule has 0 aliphatic carbocycles. The summed E-state index contributed by atoms with van der Waals surface area (Å²) in [6.07, 6.45) is 0.634. The molecule has 0 aliphatic heterocycles. The van der Waals surface area contributed by atoms with Gasteiger partial charge in [0.25, 0.3) is 0 Å². The second-order valence-corrected chi connectivity index (χ2v) is 8.96. The maximum atomic E-state index is 12.2. The number of nitrogens with zero attached hydrogens (tertiary/aromatic N) is 2. The fourth-order valence-corrected chi connectivity index (χ4v) is 4.21. The molecule has 0 amide bonds. The van der Waals surface area contributed by atoms with Gasteiger partial charge in [-0.15, -0.1) is 5.10 Å². The Hall–Kier alpha value is -1.78. The SMILES string of the molecule is CCCS(=O)(=O)NCCc1nnc(S(=O)(=O)Cc2ccccc2)o1. The normalized spacial score (nSPS) is 12.4. The van der Waals surface area contributed by atoms with Gasteiger partial charge in [0, 0.05) is 13.0 Å². The monoisotopic (exact) mass is 373 g/mol. The van der Waals surface area contributed by atoms with Gasteiger partial charge in [-0.05, 0) is 12.0 Å². The van der Waals surface area contributed by atoms with Crippen molar-refractivity contribution in [3.8, 4) is 0 Å². The van der Waals surface area contributed by atoms with E-state index >= 15 is 0 Å². The first kappa shape index (κ1) is 18.6. The second-order valence-electron chi connectivity index (χ2n) is 5.17. The lowest BCUT2D eigenvalue weighted by atomic mass is 10.2. The van der Waals surface area contributed by atoms with E-state index in [9.17, 15) is 16.8 Å². The van der Waals surface area contributed by atoms with Crippen LogP contribution in [-0.2, 0) is 32.0 Å². The molecule has 0 bridgehead atoms. The summed E-state index contributed by atoms with van der Waals surface area (Å²) in [5, 5.41) is 6.75. The lowest BCUT2D eigenvalue weighted by Gasteiger charge is -2.03. The van der Waals surface area contributed by atoms with E-state index in [1.165, 1.54) is 0 Å². The molecule has 0 saturated heterocycles. The van der Waals surface area contributed by atoms with Crippen molar-refractivity contribution in [2.24, 2.45) is 0 Å². The van der Waals surface area contributed by atoms with Crippen LogP contribution in [0.15, 0.2) is 40.0 Å². The minimum Gasteiger partial charge on any atom is -0.412 e. The van der Waals surface area contributed by atoms with E-state index in [2.05, 4.69) is 14.9 Å². The molecule has 0 atom stereocenters. The molecule has 8 nitrogen and oxygen atoms in total. The topological polar surface area (TPSA) is 119 Å². The van der Waals surface area contributed by atoms with Gasteiger partial charge in [-0.1, -0.05) is 42.4 Å². The van der Waals surface area contributed by atoms with Crippen LogP contribution in [0.25, 0.3) is 0 Å². The summed E-state index contributed by atoms with van der Waals surface area (Å²) in [5.41, 5.74) is 0.615. The van der Waals surface area contributed by atoms with Gasteiger partial charge in [-0.2, -0.15) is 0 Å². The Morgan fingerprint density at radius 3 is 2.46 bits per heavy atom. The van der Waals surface area contributed by atoms with Gasteiger partial charge in [0.15, 0.2) is 0 Å². The zero-order chi connectivity index (χ0) is 17.6. The Balaban J connectivity index is 1.97. The maximum absolute atomic E-state index is 12.2. The van der Waals surface area contributed by atoms with Gasteiger partial charge in [0.05, 0.1) is 11.5 Å². The molecule has 2 aromatic rings. The molecule has 0 saturated carbocycles. The molecular formula is C14H19N3O5S2. The molecule has 10 heteroatoms. The predicted molar refractivity (Wildman–Crippen MR) is 87.4 cm³/mol. The van der Waals surface area contributed by atoms with E-state index in [0.29, 0.717) is 12.0 Å². The van der Waals surface area contributed by atoms with Crippen molar-refractivity contribution >= 4 is 19.9 Å². The molecular weight excluding hydrogens is 354 g/mol. The number of hydrogen-bond acceptors (Lipinski definition) is 7. The van der Waals surface area contributed by atoms with Gasteiger partial charge in [-0.3, -0.25) is 0 Å². The van der Waals surface area contributed by atoms with Crippen molar-refractivity contribution in [1.82, 2.24) is 14.9 Å². The van der Waals surface area contributed by atoms with Gasteiger partial charge in [-0.25, -0.2) is 21.6 Å². The van der Waals surface area contributed by atoms with Crippen LogP contribution in [0, 0.1) is 0 Å². The number of rotatable bonds is 9. The molecule has 2 rings (SSSR count). The number of hydrogen-bond donors (Lipinski definition) is 1. The molecule has 1 aromatic carbocycles. The fourth-order valence-electron chi connectivity index (χ4n) is 1.97. The zero-order valence-corrected chi connectivity index (χ0v) is 14.8. The number of nitrogens with one attached hydrogen (secondary N) is 1. The zero-order valence-electron chi connectivity index (χ0n) is 13.2. The predicted octanol–water partition coefficient (Wildman–Crippen LogP) is 0.915. The van der Waals surface area contributed by atoms with Crippen LogP contribution in [-0.4, -0.2) is 39.3 Å². The quantitative estimate of drug-likeness (QED) is 0.694. The van der Waals surface area contributed by atoms with E-state index in [4.69, 9.17) is 4.42 Å². The molecule has 0 fully saturated rings. The summed E-state index contributed by atoms with van der Waals surface area (Å²) in [7, 11) is -7.06. The van der Waals surface area contributed by atoms with Crippen molar-refractivity contribution in [1.29, 1.82) is 0 Å². The molecule has 132 valence electrons. The standard InChI is InChI=1S/C14H19N3O5S2/c1-2-10-24(20,21)15-9-8-13-16-17-14(22-13)23(18,19)11-12-6-4-3-5-7-12/h3-7,15H,2,8-11H2,1H3. The Kier molecular flexibility index (Phi) is 6.08. The Morgan fingerprint density at radius 1 is 1.08 bits per heavy atom. The summed E-state index contributed by atoms with van der Waals surface area (Å²) in [4.78, 5) is 0. The maximum Gasteiger partial charge on any atom is 0.335 e. The highest BCUT2D eigenvalue weighted by atomic mass is 32.2. The molecule has 1 N–H and O–H groups in total. The van der Waals surface area contributed by atoms with Crippen LogP contribution in [0.2, 0.25) is 0 Å². The van der Waals surface area contributed by atoms with E-state index in [-0.39, 0.29) is 30.4 Å². The van der Waals surface area contributed by atoms with Crippen LogP contribution >= 0.6 is 0 Å². The average Bonchev–Trinajstić information content (AvgIpc) is 2.97. The smallest absolute Gasteiger partial charge is 0.335 e. The van der Waals surface area contributed by atoms with Crippen molar-refractivity contribution in [2.45, 2.75) is 30.7 Å². The first-order valence-electron chi connectivity index (χ1n) is 7.39. The van der Waals surface area contributed by atoms with E-state index < -0.39 is 25.1 Å². The van der Waals surface area contributed by atoms with Crippen molar-refractivity contribution in [3.63, 3.8) is 0 Å².